The van der Waals surface area contributed by atoms with Gasteiger partial charge in [0.2, 0.25) is 0 Å². The van der Waals surface area contributed by atoms with Crippen molar-refractivity contribution in [3.63, 3.8) is 0 Å². The molecule has 2 aliphatic carbocycles. The Hall–Kier alpha value is -0.440. The third kappa shape index (κ3) is 1.62. The fraction of sp³-hybridized carbons (Fsp3) is 0.700. The van der Waals surface area contributed by atoms with Gasteiger partial charge in [0.15, 0.2) is 5.16 Å². The number of aryl methyl sites for hydroxylation is 2. The van der Waals surface area contributed by atoms with Crippen molar-refractivity contribution < 1.29 is 0 Å². The van der Waals surface area contributed by atoms with Crippen molar-refractivity contribution in [1.29, 1.82) is 0 Å². The molecule has 1 N–H and O–H groups in total. The largest absolute Gasteiger partial charge is 0.337 e. The molecule has 0 spiro atoms. The fourth-order valence-corrected chi connectivity index (χ4v) is 2.91. The molecule has 1 heterocycles. The molecule has 0 aliphatic heterocycles. The summed E-state index contributed by atoms with van der Waals surface area (Å²) in [5.41, 5.74) is 2.73. The zero-order valence-corrected chi connectivity index (χ0v) is 8.49. The molecular weight excluding hydrogens is 180 g/mol. The highest BCUT2D eigenvalue weighted by Crippen LogP contribution is 2.35. The molecule has 0 saturated heterocycles. The summed E-state index contributed by atoms with van der Waals surface area (Å²) in [6.07, 6.45) is 6.57. The molecule has 0 amide bonds. The van der Waals surface area contributed by atoms with Gasteiger partial charge in [-0.25, -0.2) is 4.98 Å². The van der Waals surface area contributed by atoms with Gasteiger partial charge in [-0.05, 0) is 38.0 Å². The van der Waals surface area contributed by atoms with E-state index in [-0.39, 0.29) is 0 Å². The molecule has 0 unspecified atom stereocenters. The SMILES string of the molecule is C1Cc2nc(SCC3CC3)[nH]c2C1. The summed E-state index contributed by atoms with van der Waals surface area (Å²) in [5.74, 6) is 2.26. The summed E-state index contributed by atoms with van der Waals surface area (Å²) in [5, 5.41) is 1.16. The van der Waals surface area contributed by atoms with Crippen molar-refractivity contribution in [3.05, 3.63) is 11.4 Å². The van der Waals surface area contributed by atoms with Crippen LogP contribution in [-0.2, 0) is 12.8 Å². The van der Waals surface area contributed by atoms with Crippen molar-refractivity contribution in [2.75, 3.05) is 5.75 Å². The Morgan fingerprint density at radius 2 is 2.31 bits per heavy atom. The summed E-state index contributed by atoms with van der Waals surface area (Å²) in [7, 11) is 0. The van der Waals surface area contributed by atoms with Gasteiger partial charge in [-0.1, -0.05) is 11.8 Å². The van der Waals surface area contributed by atoms with E-state index >= 15 is 0 Å². The molecule has 0 radical (unpaired) electrons. The predicted molar refractivity (Wildman–Crippen MR) is 54.1 cm³/mol. The average Bonchev–Trinajstić information content (AvgIpc) is 2.71. The van der Waals surface area contributed by atoms with Crippen LogP contribution in [0.1, 0.15) is 30.7 Å². The summed E-state index contributed by atoms with van der Waals surface area (Å²) >= 11 is 1.91. The number of nitrogens with zero attached hydrogens (tertiary/aromatic N) is 1. The summed E-state index contributed by atoms with van der Waals surface area (Å²) < 4.78 is 0. The molecule has 2 aliphatic rings. The van der Waals surface area contributed by atoms with Gasteiger partial charge in [0.05, 0.1) is 5.69 Å². The molecule has 1 aromatic rings. The van der Waals surface area contributed by atoms with Gasteiger partial charge < -0.3 is 4.98 Å². The number of thioether (sulfide) groups is 1. The van der Waals surface area contributed by atoms with Crippen LogP contribution in [0.25, 0.3) is 0 Å². The van der Waals surface area contributed by atoms with Gasteiger partial charge in [-0.2, -0.15) is 0 Å². The smallest absolute Gasteiger partial charge is 0.165 e. The first kappa shape index (κ1) is 7.92. The third-order valence-electron chi connectivity index (χ3n) is 2.84. The maximum Gasteiger partial charge on any atom is 0.165 e. The number of H-pyrrole nitrogens is 1. The number of aromatic nitrogens is 2. The summed E-state index contributed by atoms with van der Waals surface area (Å²) in [6, 6.07) is 0. The van der Waals surface area contributed by atoms with Crippen LogP contribution >= 0.6 is 11.8 Å². The lowest BCUT2D eigenvalue weighted by atomic mass is 10.4. The van der Waals surface area contributed by atoms with Crippen molar-refractivity contribution >= 4 is 11.8 Å². The number of nitrogens with one attached hydrogen (secondary N) is 1. The van der Waals surface area contributed by atoms with Crippen LogP contribution in [-0.4, -0.2) is 15.7 Å². The van der Waals surface area contributed by atoms with E-state index in [4.69, 9.17) is 0 Å². The minimum Gasteiger partial charge on any atom is -0.337 e. The molecule has 0 bridgehead atoms. The Morgan fingerprint density at radius 1 is 1.38 bits per heavy atom. The molecule has 3 rings (SSSR count). The lowest BCUT2D eigenvalue weighted by molar-refractivity contribution is 0.843. The quantitative estimate of drug-likeness (QED) is 0.748. The van der Waals surface area contributed by atoms with E-state index in [1.54, 1.807) is 0 Å². The second-order valence-electron chi connectivity index (χ2n) is 4.08. The maximum absolute atomic E-state index is 4.60. The first-order valence-corrected chi connectivity index (χ1v) is 6.11. The molecular formula is C10H14N2S. The van der Waals surface area contributed by atoms with Crippen LogP contribution in [0.2, 0.25) is 0 Å². The number of hydrogen-bond acceptors (Lipinski definition) is 2. The normalized spacial score (nSPS) is 20.6. The van der Waals surface area contributed by atoms with Gasteiger partial charge >= 0.3 is 0 Å². The molecule has 1 saturated carbocycles. The summed E-state index contributed by atoms with van der Waals surface area (Å²) in [4.78, 5) is 8.03. The van der Waals surface area contributed by atoms with E-state index in [1.807, 2.05) is 11.8 Å². The maximum atomic E-state index is 4.60. The molecule has 1 aromatic heterocycles. The van der Waals surface area contributed by atoms with Crippen molar-refractivity contribution in [2.45, 2.75) is 37.3 Å². The van der Waals surface area contributed by atoms with Crippen LogP contribution in [0.15, 0.2) is 5.16 Å². The van der Waals surface area contributed by atoms with Crippen LogP contribution in [0.4, 0.5) is 0 Å². The van der Waals surface area contributed by atoms with Gasteiger partial charge in [0.25, 0.3) is 0 Å². The predicted octanol–water partition coefficient (Wildman–Crippen LogP) is 2.40. The minimum absolute atomic E-state index is 0.991. The Labute approximate surface area is 82.5 Å². The number of aromatic amines is 1. The Bertz CT molecular complexity index is 293. The monoisotopic (exact) mass is 194 g/mol. The van der Waals surface area contributed by atoms with E-state index in [0.29, 0.717) is 0 Å². The molecule has 0 atom stereocenters. The van der Waals surface area contributed by atoms with E-state index < -0.39 is 0 Å². The second kappa shape index (κ2) is 3.05. The van der Waals surface area contributed by atoms with E-state index in [0.717, 1.165) is 11.1 Å². The second-order valence-corrected chi connectivity index (χ2v) is 5.08. The Balaban J connectivity index is 1.67. The van der Waals surface area contributed by atoms with E-state index in [9.17, 15) is 0 Å². The standard InChI is InChI=1S/C10H14N2S/c1-2-8-9(3-1)12-10(11-8)13-6-7-4-5-7/h7H,1-6H2,(H,11,12). The third-order valence-corrected chi connectivity index (χ3v) is 3.94. The number of fused-ring (bicyclic) bond motifs is 1. The number of imidazole rings is 1. The molecule has 70 valence electrons. The van der Waals surface area contributed by atoms with Crippen molar-refractivity contribution in [2.24, 2.45) is 5.92 Å². The zero-order valence-electron chi connectivity index (χ0n) is 7.68. The number of rotatable bonds is 3. The first-order chi connectivity index (χ1) is 6.42. The number of hydrogen-bond donors (Lipinski definition) is 1. The van der Waals surface area contributed by atoms with Crippen molar-refractivity contribution in [3.8, 4) is 0 Å². The molecule has 13 heavy (non-hydrogen) atoms. The molecule has 0 aromatic carbocycles. The van der Waals surface area contributed by atoms with E-state index in [2.05, 4.69) is 9.97 Å². The lowest BCUT2D eigenvalue weighted by Crippen LogP contribution is -1.85. The highest BCUT2D eigenvalue weighted by atomic mass is 32.2. The van der Waals surface area contributed by atoms with Crippen LogP contribution < -0.4 is 0 Å². The zero-order chi connectivity index (χ0) is 8.67. The highest BCUT2D eigenvalue weighted by Gasteiger charge is 2.22. The summed E-state index contributed by atoms with van der Waals surface area (Å²) in [6.45, 7) is 0. The topological polar surface area (TPSA) is 28.7 Å². The van der Waals surface area contributed by atoms with E-state index in [1.165, 1.54) is 49.2 Å². The average molecular weight is 194 g/mol. The minimum atomic E-state index is 0.991. The van der Waals surface area contributed by atoms with Crippen molar-refractivity contribution in [1.82, 2.24) is 9.97 Å². The van der Waals surface area contributed by atoms with Gasteiger partial charge in [0, 0.05) is 11.4 Å². The fourth-order valence-electron chi connectivity index (χ4n) is 1.82. The van der Waals surface area contributed by atoms with Gasteiger partial charge in [-0.15, -0.1) is 0 Å². The molecule has 1 fully saturated rings. The highest BCUT2D eigenvalue weighted by molar-refractivity contribution is 7.99. The van der Waals surface area contributed by atoms with Crippen LogP contribution in [0.5, 0.6) is 0 Å². The Morgan fingerprint density at radius 3 is 3.08 bits per heavy atom. The van der Waals surface area contributed by atoms with Crippen LogP contribution in [0.3, 0.4) is 0 Å². The first-order valence-electron chi connectivity index (χ1n) is 5.12. The van der Waals surface area contributed by atoms with Gasteiger partial charge in [0.1, 0.15) is 0 Å². The lowest BCUT2D eigenvalue weighted by Gasteiger charge is -1.94. The van der Waals surface area contributed by atoms with Crippen LogP contribution in [0, 0.1) is 5.92 Å². The Kier molecular flexibility index (Phi) is 1.86. The molecule has 3 heteroatoms. The molecule has 2 nitrogen and oxygen atoms in total. The van der Waals surface area contributed by atoms with Gasteiger partial charge in [-0.3, -0.25) is 0 Å².